The Morgan fingerprint density at radius 3 is 2.20 bits per heavy atom. The molecule has 0 bridgehead atoms. The topological polar surface area (TPSA) is 96.3 Å². The molecule has 20 heavy (non-hydrogen) atoms. The van der Waals surface area contributed by atoms with Crippen LogP contribution < -0.4 is 0 Å². The first-order chi connectivity index (χ1) is 8.83. The molecule has 0 aliphatic rings. The average molecular weight is 420 g/mol. The quantitative estimate of drug-likeness (QED) is 0.315. The van der Waals surface area contributed by atoms with E-state index in [2.05, 4.69) is 9.44 Å². The molecule has 1 amide bonds. The van der Waals surface area contributed by atoms with Crippen molar-refractivity contribution in [1.82, 2.24) is 4.90 Å². The second kappa shape index (κ2) is 7.41. The van der Waals surface area contributed by atoms with E-state index >= 15 is 0 Å². The number of hydrogen-bond acceptors (Lipinski definition) is 5. The van der Waals surface area contributed by atoms with E-state index in [9.17, 15) is 13.2 Å². The van der Waals surface area contributed by atoms with Gasteiger partial charge in [-0.3, -0.25) is 0 Å². The minimum atomic E-state index is -4.61. The van der Waals surface area contributed by atoms with E-state index < -0.39 is 31.3 Å². The number of carbonyl (C=O) groups excluding carboxylic acids is 1. The van der Waals surface area contributed by atoms with E-state index in [0.29, 0.717) is 0 Å². The Morgan fingerprint density at radius 2 is 1.85 bits per heavy atom. The SMILES string of the molecule is CC(/C=C(/[Te]C(=O)N(C)C)C(C)(C)C)=N\OS(=O)(=O)O. The minimum absolute atomic E-state index is 0.0556. The van der Waals surface area contributed by atoms with Gasteiger partial charge in [-0.05, 0) is 0 Å². The Kier molecular flexibility index (Phi) is 7.18. The molecule has 0 aliphatic carbocycles. The van der Waals surface area contributed by atoms with Crippen molar-refractivity contribution in [2.45, 2.75) is 27.7 Å². The molecule has 0 fully saturated rings. The van der Waals surface area contributed by atoms with Crippen molar-refractivity contribution in [3.8, 4) is 0 Å². The van der Waals surface area contributed by atoms with Crippen LogP contribution >= 0.6 is 0 Å². The molecule has 1 N–H and O–H groups in total. The summed E-state index contributed by atoms with van der Waals surface area (Å²) in [4.78, 5) is 13.4. The van der Waals surface area contributed by atoms with Crippen LogP contribution in [0.5, 0.6) is 0 Å². The molecule has 0 aromatic carbocycles. The Bertz CT molecular complexity index is 517. The zero-order valence-electron chi connectivity index (χ0n) is 12.4. The van der Waals surface area contributed by atoms with Gasteiger partial charge in [0.1, 0.15) is 0 Å². The normalized spacial score (nSPS) is 14.2. The molecule has 0 saturated carbocycles. The maximum atomic E-state index is 11.8. The van der Waals surface area contributed by atoms with Crippen LogP contribution in [0.25, 0.3) is 0 Å². The molecule has 0 saturated heterocycles. The molecule has 116 valence electrons. The van der Waals surface area contributed by atoms with Gasteiger partial charge in [0.05, 0.1) is 0 Å². The number of allylic oxidation sites excluding steroid dienone is 2. The molecule has 7 nitrogen and oxygen atoms in total. The summed E-state index contributed by atoms with van der Waals surface area (Å²) >= 11 is -1.11. The van der Waals surface area contributed by atoms with Gasteiger partial charge in [-0.1, -0.05) is 0 Å². The van der Waals surface area contributed by atoms with Gasteiger partial charge in [-0.15, -0.1) is 0 Å². The van der Waals surface area contributed by atoms with E-state index in [1.807, 2.05) is 20.8 Å². The molecule has 0 rings (SSSR count). The zero-order chi connectivity index (χ0) is 16.1. The molecule has 0 heterocycles. The summed E-state index contributed by atoms with van der Waals surface area (Å²) in [6.07, 6.45) is 1.63. The number of rotatable bonds is 5. The van der Waals surface area contributed by atoms with Crippen LogP contribution in [-0.2, 0) is 14.7 Å². The van der Waals surface area contributed by atoms with Gasteiger partial charge in [0.2, 0.25) is 0 Å². The van der Waals surface area contributed by atoms with Crippen LogP contribution in [0.3, 0.4) is 0 Å². The van der Waals surface area contributed by atoms with Crippen LogP contribution in [0.15, 0.2) is 14.9 Å². The van der Waals surface area contributed by atoms with Gasteiger partial charge >= 0.3 is 130 Å². The number of hydrogen-bond donors (Lipinski definition) is 1. The molecule has 9 heteroatoms. The summed E-state index contributed by atoms with van der Waals surface area (Å²) < 4.78 is 34.2. The monoisotopic (exact) mass is 422 g/mol. The summed E-state index contributed by atoms with van der Waals surface area (Å²) in [7, 11) is -1.23. The van der Waals surface area contributed by atoms with Crippen LogP contribution in [0.4, 0.5) is 4.79 Å². The van der Waals surface area contributed by atoms with Crippen molar-refractivity contribution in [2.75, 3.05) is 14.1 Å². The summed E-state index contributed by atoms with van der Waals surface area (Å²) in [6, 6.07) is 0. The molecule has 0 aromatic rings. The Morgan fingerprint density at radius 1 is 1.35 bits per heavy atom. The zero-order valence-corrected chi connectivity index (χ0v) is 15.5. The Balaban J connectivity index is 5.24. The van der Waals surface area contributed by atoms with Crippen LogP contribution in [0, 0.1) is 5.41 Å². The summed E-state index contributed by atoms with van der Waals surface area (Å²) in [5, 5.41) is 3.30. The second-order valence-corrected chi connectivity index (χ2v) is 9.10. The third-order valence-electron chi connectivity index (χ3n) is 1.92. The van der Waals surface area contributed by atoms with E-state index in [0.717, 1.165) is 3.62 Å². The molecule has 0 radical (unpaired) electrons. The first kappa shape index (κ1) is 19.4. The summed E-state index contributed by atoms with van der Waals surface area (Å²) in [6.45, 7) is 7.42. The predicted molar refractivity (Wildman–Crippen MR) is 78.1 cm³/mol. The third-order valence-corrected chi connectivity index (χ3v) is 6.43. The van der Waals surface area contributed by atoms with Gasteiger partial charge in [0.15, 0.2) is 0 Å². The van der Waals surface area contributed by atoms with Crippen molar-refractivity contribution < 1.29 is 22.0 Å². The van der Waals surface area contributed by atoms with Crippen molar-refractivity contribution in [3.63, 3.8) is 0 Å². The predicted octanol–water partition coefficient (Wildman–Crippen LogP) is 1.50. The molecular weight excluding hydrogens is 400 g/mol. The van der Waals surface area contributed by atoms with Crippen LogP contribution in [0.1, 0.15) is 27.7 Å². The van der Waals surface area contributed by atoms with Crippen molar-refractivity contribution in [3.05, 3.63) is 9.70 Å². The summed E-state index contributed by atoms with van der Waals surface area (Å²) in [5.74, 6) is 0. The Labute approximate surface area is 130 Å². The number of nitrogens with zero attached hydrogens (tertiary/aromatic N) is 2. The average Bonchev–Trinajstić information content (AvgIpc) is 2.22. The third kappa shape index (κ3) is 8.53. The van der Waals surface area contributed by atoms with Crippen LogP contribution in [0.2, 0.25) is 0 Å². The number of amides is 1. The molecular formula is C11H20N2O5STe. The van der Waals surface area contributed by atoms with E-state index in [1.165, 1.54) is 11.8 Å². The van der Waals surface area contributed by atoms with Crippen molar-refractivity contribution in [1.29, 1.82) is 0 Å². The fourth-order valence-electron chi connectivity index (χ4n) is 0.906. The first-order valence-corrected chi connectivity index (χ1v) is 9.34. The fourth-order valence-corrected chi connectivity index (χ4v) is 3.70. The van der Waals surface area contributed by atoms with E-state index in [4.69, 9.17) is 4.55 Å². The van der Waals surface area contributed by atoms with Crippen LogP contribution in [-0.4, -0.2) is 62.6 Å². The van der Waals surface area contributed by atoms with Gasteiger partial charge in [-0.2, -0.15) is 0 Å². The maximum absolute atomic E-state index is 11.8. The van der Waals surface area contributed by atoms with Crippen molar-refractivity contribution >= 4 is 41.0 Å². The summed E-state index contributed by atoms with van der Waals surface area (Å²) in [5.41, 5.74) is 0.0344. The molecule has 0 aromatic heterocycles. The van der Waals surface area contributed by atoms with Gasteiger partial charge < -0.3 is 0 Å². The number of carbonyl (C=O) groups is 1. The van der Waals surface area contributed by atoms with E-state index in [-0.39, 0.29) is 15.1 Å². The van der Waals surface area contributed by atoms with Gasteiger partial charge in [-0.25, -0.2) is 0 Å². The van der Waals surface area contributed by atoms with Gasteiger partial charge in [0.25, 0.3) is 0 Å². The number of oxime groups is 1. The van der Waals surface area contributed by atoms with Gasteiger partial charge in [0, 0.05) is 0 Å². The van der Waals surface area contributed by atoms with E-state index in [1.54, 1.807) is 20.2 Å². The second-order valence-electron chi connectivity index (χ2n) is 5.26. The molecule has 0 unspecified atom stereocenters. The first-order valence-electron chi connectivity index (χ1n) is 5.65. The fraction of sp³-hybridized carbons (Fsp3) is 0.636. The Hall–Kier alpha value is -0.620. The molecule has 0 spiro atoms. The molecule has 0 atom stereocenters. The van der Waals surface area contributed by atoms with Crippen molar-refractivity contribution in [2.24, 2.45) is 10.6 Å². The standard InChI is InChI=1S/C11H20N2O5STe/c1-8(12-18-19(15,16)17)7-9(11(2,3)4)20-10(14)13(5)6/h7H,1-6H3,(H,15,16,17)/b9-7+,12-8+. The molecule has 0 aliphatic heterocycles.